The molecule has 3 aromatic rings. The number of carbonyl (C=O) groups excluding carboxylic acids is 1. The first-order valence-corrected chi connectivity index (χ1v) is 12.7. The third-order valence-corrected chi connectivity index (χ3v) is 7.44. The molecule has 0 saturated heterocycles. The molecular weight excluding hydrogens is 446 g/mol. The molecule has 30 heavy (non-hydrogen) atoms. The van der Waals surface area contributed by atoms with Gasteiger partial charge in [-0.25, -0.2) is 22.0 Å². The van der Waals surface area contributed by atoms with Crippen molar-refractivity contribution >= 4 is 47.3 Å². The quantitative estimate of drug-likeness (QED) is 0.546. The third kappa shape index (κ3) is 5.22. The first-order valence-electron chi connectivity index (χ1n) is 8.50. The molecule has 1 aromatic heterocycles. The average Bonchev–Trinajstić information content (AvgIpc) is 2.97. The number of nitrogens with two attached hydrogens (primary N) is 1. The Hall–Kier alpha value is -2.78. The van der Waals surface area contributed by atoms with Gasteiger partial charge in [-0.3, -0.25) is 4.79 Å². The number of terminal acetylenes is 1. The third-order valence-electron chi connectivity index (χ3n) is 4.03. The standard InChI is InChI=1S/C19H17N3O5S3/c1-2-10-22-16-9-8-15(30(20,26)27)11-17(16)28-19(22)21-18(23)13-29(24,25)12-14-6-4-3-5-7-14/h1,3-9,11H,10,12-13H2,(H2,20,26,27). The number of carbonyl (C=O) groups is 1. The number of rotatable bonds is 6. The Labute approximate surface area is 177 Å². The maximum Gasteiger partial charge on any atom is 0.263 e. The summed E-state index contributed by atoms with van der Waals surface area (Å²) in [5.74, 6) is 0.571. The highest BCUT2D eigenvalue weighted by atomic mass is 32.2. The Morgan fingerprint density at radius 3 is 2.47 bits per heavy atom. The van der Waals surface area contributed by atoms with Crippen molar-refractivity contribution in [3.05, 3.63) is 58.9 Å². The van der Waals surface area contributed by atoms with E-state index in [1.165, 1.54) is 22.8 Å². The lowest BCUT2D eigenvalue weighted by molar-refractivity contribution is -0.115. The van der Waals surface area contributed by atoms with Crippen molar-refractivity contribution in [1.29, 1.82) is 0 Å². The number of amides is 1. The Morgan fingerprint density at radius 2 is 1.83 bits per heavy atom. The van der Waals surface area contributed by atoms with Crippen LogP contribution in [0.15, 0.2) is 58.4 Å². The summed E-state index contributed by atoms with van der Waals surface area (Å²) in [4.78, 5) is 16.4. The van der Waals surface area contributed by atoms with Gasteiger partial charge in [-0.2, -0.15) is 4.99 Å². The topological polar surface area (TPSA) is 129 Å². The molecule has 2 aromatic carbocycles. The average molecular weight is 464 g/mol. The molecule has 2 N–H and O–H groups in total. The fourth-order valence-electron chi connectivity index (χ4n) is 2.77. The molecule has 1 heterocycles. The zero-order chi connectivity index (χ0) is 21.9. The van der Waals surface area contributed by atoms with Crippen LogP contribution in [-0.2, 0) is 37.0 Å². The number of primary sulfonamides is 1. The van der Waals surface area contributed by atoms with Gasteiger partial charge in [0, 0.05) is 0 Å². The van der Waals surface area contributed by atoms with Crippen LogP contribution in [0.2, 0.25) is 0 Å². The summed E-state index contributed by atoms with van der Waals surface area (Å²) in [5, 5.41) is 5.16. The smallest absolute Gasteiger partial charge is 0.263 e. The summed E-state index contributed by atoms with van der Waals surface area (Å²) in [5.41, 5.74) is 1.13. The largest absolute Gasteiger partial charge is 0.305 e. The van der Waals surface area contributed by atoms with E-state index >= 15 is 0 Å². The van der Waals surface area contributed by atoms with E-state index in [1.807, 2.05) is 0 Å². The first-order chi connectivity index (χ1) is 14.1. The summed E-state index contributed by atoms with van der Waals surface area (Å²) >= 11 is 1.02. The second kappa shape index (κ2) is 8.53. The SMILES string of the molecule is C#CCn1c(=NC(=O)CS(=O)(=O)Cc2ccccc2)sc2cc(S(N)(=O)=O)ccc21. The van der Waals surface area contributed by atoms with Crippen LogP contribution < -0.4 is 9.94 Å². The van der Waals surface area contributed by atoms with E-state index in [0.717, 1.165) is 11.3 Å². The Morgan fingerprint density at radius 1 is 1.13 bits per heavy atom. The van der Waals surface area contributed by atoms with Crippen molar-refractivity contribution in [2.75, 3.05) is 5.75 Å². The van der Waals surface area contributed by atoms with Gasteiger partial charge in [0.05, 0.1) is 27.4 Å². The van der Waals surface area contributed by atoms with E-state index in [2.05, 4.69) is 10.9 Å². The highest BCUT2D eigenvalue weighted by molar-refractivity contribution is 7.91. The van der Waals surface area contributed by atoms with Gasteiger partial charge in [0.1, 0.15) is 5.75 Å². The zero-order valence-electron chi connectivity index (χ0n) is 15.6. The van der Waals surface area contributed by atoms with Gasteiger partial charge >= 0.3 is 0 Å². The van der Waals surface area contributed by atoms with E-state index < -0.39 is 31.5 Å². The van der Waals surface area contributed by atoms with Gasteiger partial charge in [-0.1, -0.05) is 47.6 Å². The molecule has 156 valence electrons. The number of hydrogen-bond donors (Lipinski definition) is 1. The number of hydrogen-bond acceptors (Lipinski definition) is 6. The van der Waals surface area contributed by atoms with Gasteiger partial charge in [0.15, 0.2) is 14.6 Å². The van der Waals surface area contributed by atoms with Crippen molar-refractivity contribution in [2.24, 2.45) is 10.1 Å². The van der Waals surface area contributed by atoms with Crippen LogP contribution in [0.1, 0.15) is 5.56 Å². The Bertz CT molecular complexity index is 1430. The second-order valence-electron chi connectivity index (χ2n) is 6.37. The molecule has 0 atom stereocenters. The summed E-state index contributed by atoms with van der Waals surface area (Å²) in [6, 6.07) is 12.7. The van der Waals surface area contributed by atoms with Crippen molar-refractivity contribution in [3.8, 4) is 12.3 Å². The maximum atomic E-state index is 12.4. The number of aromatic nitrogens is 1. The van der Waals surface area contributed by atoms with Crippen molar-refractivity contribution in [1.82, 2.24) is 4.57 Å². The normalized spacial score (nSPS) is 12.7. The molecule has 11 heteroatoms. The minimum atomic E-state index is -3.91. The summed E-state index contributed by atoms with van der Waals surface area (Å²) in [7, 11) is -7.63. The monoisotopic (exact) mass is 463 g/mol. The summed E-state index contributed by atoms with van der Waals surface area (Å²) in [6.45, 7) is 0.0671. The minimum Gasteiger partial charge on any atom is -0.305 e. The van der Waals surface area contributed by atoms with Gasteiger partial charge in [-0.05, 0) is 23.8 Å². The van der Waals surface area contributed by atoms with Crippen LogP contribution in [0, 0.1) is 12.3 Å². The van der Waals surface area contributed by atoms with E-state index in [9.17, 15) is 21.6 Å². The predicted molar refractivity (Wildman–Crippen MR) is 115 cm³/mol. The van der Waals surface area contributed by atoms with Crippen molar-refractivity contribution in [2.45, 2.75) is 17.2 Å². The maximum absolute atomic E-state index is 12.4. The van der Waals surface area contributed by atoms with Crippen LogP contribution >= 0.6 is 11.3 Å². The van der Waals surface area contributed by atoms with Gasteiger partial charge in [-0.15, -0.1) is 6.42 Å². The second-order valence-corrected chi connectivity index (χ2v) is 11.0. The summed E-state index contributed by atoms with van der Waals surface area (Å²) < 4.78 is 49.9. The highest BCUT2D eigenvalue weighted by Crippen LogP contribution is 2.21. The molecule has 1 amide bonds. The Kier molecular flexibility index (Phi) is 6.23. The fourth-order valence-corrected chi connectivity index (χ4v) is 5.71. The highest BCUT2D eigenvalue weighted by Gasteiger charge is 2.18. The lowest BCUT2D eigenvalue weighted by atomic mass is 10.2. The molecule has 0 fully saturated rings. The number of thiazole rings is 1. The Balaban J connectivity index is 1.97. The summed E-state index contributed by atoms with van der Waals surface area (Å²) in [6.07, 6.45) is 5.39. The first kappa shape index (κ1) is 21.9. The van der Waals surface area contributed by atoms with Crippen molar-refractivity contribution in [3.63, 3.8) is 0 Å². The van der Waals surface area contributed by atoms with Crippen LogP contribution in [0.25, 0.3) is 10.2 Å². The van der Waals surface area contributed by atoms with Gasteiger partial charge in [0.25, 0.3) is 5.91 Å². The molecule has 3 rings (SSSR count). The lowest BCUT2D eigenvalue weighted by Crippen LogP contribution is -2.21. The van der Waals surface area contributed by atoms with Crippen LogP contribution in [0.3, 0.4) is 0 Å². The number of sulfonamides is 1. The molecule has 0 unspecified atom stereocenters. The molecule has 0 radical (unpaired) electrons. The molecule has 0 bridgehead atoms. The van der Waals surface area contributed by atoms with Gasteiger partial charge < -0.3 is 4.57 Å². The van der Waals surface area contributed by atoms with Crippen LogP contribution in [0.4, 0.5) is 0 Å². The van der Waals surface area contributed by atoms with Crippen LogP contribution in [-0.4, -0.2) is 33.1 Å². The molecule has 0 aliphatic heterocycles. The van der Waals surface area contributed by atoms with Gasteiger partial charge in [0.2, 0.25) is 10.0 Å². The molecule has 0 spiro atoms. The molecule has 0 aliphatic rings. The van der Waals surface area contributed by atoms with E-state index in [-0.39, 0.29) is 22.0 Å². The van der Waals surface area contributed by atoms with Crippen molar-refractivity contribution < 1.29 is 21.6 Å². The number of benzene rings is 2. The number of fused-ring (bicyclic) bond motifs is 1. The van der Waals surface area contributed by atoms with E-state index in [4.69, 9.17) is 11.6 Å². The molecule has 8 nitrogen and oxygen atoms in total. The van der Waals surface area contributed by atoms with E-state index in [0.29, 0.717) is 15.8 Å². The molecule has 0 saturated carbocycles. The predicted octanol–water partition coefficient (Wildman–Crippen LogP) is 1.03. The van der Waals surface area contributed by atoms with Crippen LogP contribution in [0.5, 0.6) is 0 Å². The van der Waals surface area contributed by atoms with E-state index in [1.54, 1.807) is 30.3 Å². The zero-order valence-corrected chi connectivity index (χ0v) is 18.0. The lowest BCUT2D eigenvalue weighted by Gasteiger charge is -2.02. The minimum absolute atomic E-state index is 0.0671. The molecule has 0 aliphatic carbocycles. The number of sulfone groups is 1. The fraction of sp³-hybridized carbons (Fsp3) is 0.158. The number of nitrogens with zero attached hydrogens (tertiary/aromatic N) is 2. The molecular formula is C19H17N3O5S3.